The number of hydrogen-bond donors (Lipinski definition) is 0. The van der Waals surface area contributed by atoms with Gasteiger partial charge in [-0.1, -0.05) is 88.4 Å². The van der Waals surface area contributed by atoms with Crippen LogP contribution in [0.1, 0.15) is 90.2 Å². The minimum Gasteiger partial charge on any atom is -0.0654 e. The predicted octanol–water partition coefficient (Wildman–Crippen LogP) is 7.75. The number of hydrogen-bond acceptors (Lipinski definition) is 0. The summed E-state index contributed by atoms with van der Waals surface area (Å²) in [5.41, 5.74) is 3.09. The van der Waals surface area contributed by atoms with Crippen LogP contribution < -0.4 is 0 Å². The molecule has 0 saturated carbocycles. The van der Waals surface area contributed by atoms with Gasteiger partial charge in [0.25, 0.3) is 0 Å². The summed E-state index contributed by atoms with van der Waals surface area (Å²) in [5.74, 6) is 2.60. The lowest BCUT2D eigenvalue weighted by Gasteiger charge is -2.22. The second kappa shape index (κ2) is 10.5. The maximum absolute atomic E-state index is 3.61. The summed E-state index contributed by atoms with van der Waals surface area (Å²) in [5, 5.41) is 0. The molecule has 2 atom stereocenters. The van der Waals surface area contributed by atoms with Crippen molar-refractivity contribution in [2.45, 2.75) is 85.5 Å². The highest BCUT2D eigenvalue weighted by Gasteiger charge is 2.17. The van der Waals surface area contributed by atoms with Gasteiger partial charge in [0, 0.05) is 4.47 Å². The Morgan fingerprint density at radius 3 is 2.45 bits per heavy atom. The van der Waals surface area contributed by atoms with Crippen molar-refractivity contribution < 1.29 is 0 Å². The Morgan fingerprint density at radius 1 is 1.14 bits per heavy atom. The molecule has 0 spiro atoms. The molecule has 2 unspecified atom stereocenters. The summed E-state index contributed by atoms with van der Waals surface area (Å²) in [4.78, 5) is 0. The Kier molecular flexibility index (Phi) is 9.40. The Morgan fingerprint density at radius 2 is 1.86 bits per heavy atom. The monoisotopic (exact) mass is 366 g/mol. The highest BCUT2D eigenvalue weighted by atomic mass is 79.9. The fraction of sp³-hybridized carbons (Fsp3) is 0.714. The first-order chi connectivity index (χ1) is 10.5. The van der Waals surface area contributed by atoms with Crippen LogP contribution in [0.15, 0.2) is 22.7 Å². The highest BCUT2D eigenvalue weighted by Crippen LogP contribution is 2.34. The van der Waals surface area contributed by atoms with Gasteiger partial charge in [-0.15, -0.1) is 0 Å². The summed E-state index contributed by atoms with van der Waals surface area (Å²) >= 11 is 3.61. The fourth-order valence-corrected chi connectivity index (χ4v) is 3.88. The molecular formula is C21H35Br. The normalized spacial score (nSPS) is 18.4. The van der Waals surface area contributed by atoms with E-state index < -0.39 is 0 Å². The molecule has 2 rings (SSSR count). The molecule has 126 valence electrons. The van der Waals surface area contributed by atoms with Crippen molar-refractivity contribution in [2.75, 3.05) is 0 Å². The number of fused-ring (bicyclic) bond motifs is 1. The van der Waals surface area contributed by atoms with Crippen LogP contribution in [0, 0.1) is 11.8 Å². The molecule has 0 fully saturated rings. The molecule has 1 aromatic carbocycles. The Bertz CT molecular complexity index is 422. The number of rotatable bonds is 5. The molecule has 22 heavy (non-hydrogen) atoms. The van der Waals surface area contributed by atoms with Gasteiger partial charge in [-0.3, -0.25) is 0 Å². The summed E-state index contributed by atoms with van der Waals surface area (Å²) in [7, 11) is 0. The fourth-order valence-electron chi connectivity index (χ4n) is 3.30. The molecule has 1 heteroatoms. The highest BCUT2D eigenvalue weighted by molar-refractivity contribution is 9.10. The zero-order chi connectivity index (χ0) is 16.5. The largest absolute Gasteiger partial charge is 0.0654 e. The van der Waals surface area contributed by atoms with Crippen LogP contribution in [-0.2, 0) is 6.42 Å². The van der Waals surface area contributed by atoms with Crippen molar-refractivity contribution in [1.29, 1.82) is 0 Å². The molecule has 0 aliphatic heterocycles. The number of benzene rings is 1. The van der Waals surface area contributed by atoms with Gasteiger partial charge >= 0.3 is 0 Å². The Hall–Kier alpha value is -0.300. The van der Waals surface area contributed by atoms with Crippen molar-refractivity contribution in [3.63, 3.8) is 0 Å². The van der Waals surface area contributed by atoms with E-state index in [4.69, 9.17) is 0 Å². The molecule has 0 bridgehead atoms. The molecule has 0 aromatic heterocycles. The van der Waals surface area contributed by atoms with Crippen molar-refractivity contribution in [3.05, 3.63) is 33.8 Å². The van der Waals surface area contributed by atoms with E-state index >= 15 is 0 Å². The summed E-state index contributed by atoms with van der Waals surface area (Å²) in [6.45, 7) is 11.6. The topological polar surface area (TPSA) is 0 Å². The predicted molar refractivity (Wildman–Crippen MR) is 104 cm³/mol. The van der Waals surface area contributed by atoms with E-state index in [0.717, 1.165) is 17.8 Å². The summed E-state index contributed by atoms with van der Waals surface area (Å²) in [6, 6.07) is 6.56. The van der Waals surface area contributed by atoms with Crippen LogP contribution in [0.5, 0.6) is 0 Å². The smallest absolute Gasteiger partial charge is 0.0210 e. The van der Waals surface area contributed by atoms with Crippen molar-refractivity contribution in [3.8, 4) is 0 Å². The molecule has 0 N–H and O–H groups in total. The molecule has 1 aliphatic carbocycles. The standard InChI is InChI=1S/C11H13Br.C10H22/c1-8-4-2-6-10-9(8)5-3-7-11(10)12;1-5-6-10(4)8-7-9(2)3/h3,5,7-8H,2,4,6H2,1H3;9-10H,5-8H2,1-4H3. The third-order valence-electron chi connectivity index (χ3n) is 4.77. The second-order valence-electron chi connectivity index (χ2n) is 7.47. The Balaban J connectivity index is 0.000000225. The van der Waals surface area contributed by atoms with E-state index in [0.29, 0.717) is 0 Å². The van der Waals surface area contributed by atoms with Crippen molar-refractivity contribution in [2.24, 2.45) is 11.8 Å². The Labute approximate surface area is 147 Å². The molecule has 0 radical (unpaired) electrons. The van der Waals surface area contributed by atoms with E-state index in [9.17, 15) is 0 Å². The maximum Gasteiger partial charge on any atom is 0.0210 e. The first-order valence-electron chi connectivity index (χ1n) is 9.22. The second-order valence-corrected chi connectivity index (χ2v) is 8.32. The van der Waals surface area contributed by atoms with Crippen molar-refractivity contribution in [1.82, 2.24) is 0 Å². The number of halogens is 1. The molecule has 0 heterocycles. The third-order valence-corrected chi connectivity index (χ3v) is 5.51. The van der Waals surface area contributed by atoms with Gasteiger partial charge in [0.05, 0.1) is 0 Å². The van der Waals surface area contributed by atoms with Crippen LogP contribution in [0.2, 0.25) is 0 Å². The molecule has 1 aromatic rings. The summed E-state index contributed by atoms with van der Waals surface area (Å²) in [6.07, 6.45) is 9.53. The minimum atomic E-state index is 0.756. The lowest BCUT2D eigenvalue weighted by atomic mass is 9.84. The van der Waals surface area contributed by atoms with Crippen LogP contribution in [-0.4, -0.2) is 0 Å². The third kappa shape index (κ3) is 6.86. The van der Waals surface area contributed by atoms with Gasteiger partial charge in [0.15, 0.2) is 0 Å². The maximum atomic E-state index is 3.61. The van der Waals surface area contributed by atoms with E-state index in [1.807, 2.05) is 0 Å². The van der Waals surface area contributed by atoms with Gasteiger partial charge in [0.1, 0.15) is 0 Å². The van der Waals surface area contributed by atoms with E-state index in [2.05, 4.69) is 68.7 Å². The average Bonchev–Trinajstić information content (AvgIpc) is 2.48. The molecule has 0 nitrogen and oxygen atoms in total. The molecule has 1 aliphatic rings. The van der Waals surface area contributed by atoms with Gasteiger partial charge in [-0.2, -0.15) is 0 Å². The van der Waals surface area contributed by atoms with E-state index in [1.54, 1.807) is 5.56 Å². The van der Waals surface area contributed by atoms with Gasteiger partial charge in [0.2, 0.25) is 0 Å². The molecule has 0 saturated heterocycles. The van der Waals surface area contributed by atoms with Crippen LogP contribution in [0.4, 0.5) is 0 Å². The SMILES string of the molecule is CC1CCCc2c(Br)cccc21.CCCC(C)CCC(C)C. The first kappa shape index (κ1) is 19.7. The van der Waals surface area contributed by atoms with Gasteiger partial charge in [-0.25, -0.2) is 0 Å². The quantitative estimate of drug-likeness (QED) is 0.499. The van der Waals surface area contributed by atoms with Crippen LogP contribution in [0.25, 0.3) is 0 Å². The zero-order valence-electron chi connectivity index (χ0n) is 15.3. The lowest BCUT2D eigenvalue weighted by molar-refractivity contribution is 0.425. The van der Waals surface area contributed by atoms with Gasteiger partial charge in [-0.05, 0) is 54.2 Å². The van der Waals surface area contributed by atoms with Crippen molar-refractivity contribution >= 4 is 15.9 Å². The van der Waals surface area contributed by atoms with Gasteiger partial charge < -0.3 is 0 Å². The van der Waals surface area contributed by atoms with Crippen LogP contribution in [0.3, 0.4) is 0 Å². The minimum absolute atomic E-state index is 0.756. The van der Waals surface area contributed by atoms with E-state index in [-0.39, 0.29) is 0 Å². The lowest BCUT2D eigenvalue weighted by Crippen LogP contribution is -2.07. The molecular weight excluding hydrogens is 332 g/mol. The first-order valence-corrected chi connectivity index (χ1v) is 10.0. The van der Waals surface area contributed by atoms with E-state index in [1.165, 1.54) is 55.0 Å². The molecule has 0 amide bonds. The summed E-state index contributed by atoms with van der Waals surface area (Å²) < 4.78 is 1.30. The van der Waals surface area contributed by atoms with Crippen LogP contribution >= 0.6 is 15.9 Å². The average molecular weight is 367 g/mol. The zero-order valence-corrected chi connectivity index (χ0v) is 16.9.